The van der Waals surface area contributed by atoms with Crippen molar-refractivity contribution in [2.75, 3.05) is 31.1 Å². The van der Waals surface area contributed by atoms with Gasteiger partial charge in [-0.15, -0.1) is 11.3 Å². The summed E-state index contributed by atoms with van der Waals surface area (Å²) >= 11 is 1.63. The molecule has 12 heteroatoms. The molecule has 4 aromatic rings. The van der Waals surface area contributed by atoms with Crippen molar-refractivity contribution in [3.8, 4) is 22.4 Å². The van der Waals surface area contributed by atoms with Gasteiger partial charge in [-0.2, -0.15) is 0 Å². The number of benzene rings is 1. The number of aryl methyl sites for hydroxylation is 1. The minimum absolute atomic E-state index is 0.0394. The highest BCUT2D eigenvalue weighted by molar-refractivity contribution is 7.91. The van der Waals surface area contributed by atoms with Crippen molar-refractivity contribution < 1.29 is 18.3 Å². The third kappa shape index (κ3) is 8.13. The fourth-order valence-corrected chi connectivity index (χ4v) is 6.63. The van der Waals surface area contributed by atoms with Crippen LogP contribution in [-0.4, -0.2) is 75.4 Å². The number of amides is 1. The van der Waals surface area contributed by atoms with E-state index in [9.17, 15) is 18.3 Å². The molecule has 0 aliphatic carbocycles. The first-order chi connectivity index (χ1) is 19.3. The molecule has 3 aromatic heterocycles. The molecule has 2 N–H and O–H groups in total. The minimum atomic E-state index is -2.91. The number of nitrogens with zero attached hydrogens (tertiary/aromatic N) is 5. The number of carbonyl (C=O) groups is 1. The van der Waals surface area contributed by atoms with E-state index in [4.69, 9.17) is 4.98 Å². The SMILES string of the molecule is CCNC(C)=O.Cc1nc2cc(-c3cnc(C(C)(C)O)nc3)cc(-c3cc(CN4CCS(=O)(=O)CC4)ccn3)c2s1. The molecule has 1 aliphatic heterocycles. The Morgan fingerprint density at radius 2 is 1.78 bits per heavy atom. The molecule has 0 saturated carbocycles. The molecular weight excluding hydrogens is 560 g/mol. The van der Waals surface area contributed by atoms with Crippen molar-refractivity contribution in [2.24, 2.45) is 0 Å². The topological polar surface area (TPSA) is 138 Å². The molecule has 0 unspecified atom stereocenters. The summed E-state index contributed by atoms with van der Waals surface area (Å²) < 4.78 is 24.6. The lowest BCUT2D eigenvalue weighted by atomic mass is 10.0. The van der Waals surface area contributed by atoms with E-state index in [1.54, 1.807) is 43.8 Å². The molecule has 0 atom stereocenters. The second kappa shape index (κ2) is 12.7. The van der Waals surface area contributed by atoms with Crippen LogP contribution in [-0.2, 0) is 26.8 Å². The van der Waals surface area contributed by atoms with Crippen LogP contribution < -0.4 is 5.32 Å². The maximum Gasteiger partial charge on any atom is 0.216 e. The number of carbonyl (C=O) groups excluding carboxylic acids is 1. The quantitative estimate of drug-likeness (QED) is 0.341. The fourth-order valence-electron chi connectivity index (χ4n) is 4.43. The predicted molar refractivity (Wildman–Crippen MR) is 162 cm³/mol. The van der Waals surface area contributed by atoms with E-state index in [1.807, 2.05) is 26.0 Å². The molecule has 1 amide bonds. The van der Waals surface area contributed by atoms with Gasteiger partial charge in [0.2, 0.25) is 5.91 Å². The van der Waals surface area contributed by atoms with Gasteiger partial charge in [-0.1, -0.05) is 0 Å². The molecule has 10 nitrogen and oxygen atoms in total. The zero-order chi connectivity index (χ0) is 29.8. The summed E-state index contributed by atoms with van der Waals surface area (Å²) in [5.74, 6) is 0.828. The Kier molecular flexibility index (Phi) is 9.48. The van der Waals surface area contributed by atoms with E-state index in [2.05, 4.69) is 37.3 Å². The number of nitrogens with one attached hydrogen (secondary N) is 1. The van der Waals surface area contributed by atoms with Crippen molar-refractivity contribution in [1.82, 2.24) is 30.2 Å². The third-order valence-electron chi connectivity index (χ3n) is 6.50. The molecule has 5 rings (SSSR count). The Morgan fingerprint density at radius 3 is 2.37 bits per heavy atom. The Bertz CT molecular complexity index is 1620. The van der Waals surface area contributed by atoms with E-state index in [1.165, 1.54) is 6.92 Å². The van der Waals surface area contributed by atoms with Crippen molar-refractivity contribution in [3.63, 3.8) is 0 Å². The van der Waals surface area contributed by atoms with Crippen LogP contribution in [0.15, 0.2) is 42.9 Å². The number of thiazole rings is 1. The summed E-state index contributed by atoms with van der Waals surface area (Å²) in [7, 11) is -2.91. The normalized spacial score (nSPS) is 15.3. The van der Waals surface area contributed by atoms with Crippen LogP contribution >= 0.6 is 11.3 Å². The lowest BCUT2D eigenvalue weighted by Crippen LogP contribution is -2.39. The van der Waals surface area contributed by atoms with E-state index in [0.717, 1.165) is 49.7 Å². The molecule has 0 spiro atoms. The molecule has 1 saturated heterocycles. The zero-order valence-electron chi connectivity index (χ0n) is 24.0. The number of aliphatic hydroxyl groups is 1. The molecule has 218 valence electrons. The Morgan fingerprint density at radius 1 is 1.10 bits per heavy atom. The molecular formula is C29H36N6O4S2. The van der Waals surface area contributed by atoms with Crippen LogP contribution in [0.3, 0.4) is 0 Å². The van der Waals surface area contributed by atoms with Gasteiger partial charge < -0.3 is 10.4 Å². The summed E-state index contributed by atoms with van der Waals surface area (Å²) in [6, 6.07) is 8.17. The minimum Gasteiger partial charge on any atom is -0.382 e. The smallest absolute Gasteiger partial charge is 0.216 e. The molecule has 41 heavy (non-hydrogen) atoms. The summed E-state index contributed by atoms with van der Waals surface area (Å²) in [5.41, 5.74) is 4.45. The summed E-state index contributed by atoms with van der Waals surface area (Å²) in [5, 5.41) is 13.7. The Labute approximate surface area is 244 Å². The molecule has 1 aromatic carbocycles. The number of rotatable bonds is 6. The maximum atomic E-state index is 11.8. The van der Waals surface area contributed by atoms with Crippen LogP contribution in [0.2, 0.25) is 0 Å². The van der Waals surface area contributed by atoms with Crippen molar-refractivity contribution in [2.45, 2.75) is 46.8 Å². The highest BCUT2D eigenvalue weighted by Crippen LogP contribution is 2.36. The predicted octanol–water partition coefficient (Wildman–Crippen LogP) is 3.72. The Balaban J connectivity index is 0.000000585. The summed E-state index contributed by atoms with van der Waals surface area (Å²) in [6.45, 7) is 11.2. The first-order valence-electron chi connectivity index (χ1n) is 13.4. The van der Waals surface area contributed by atoms with E-state index in [0.29, 0.717) is 25.5 Å². The van der Waals surface area contributed by atoms with Gasteiger partial charge in [-0.25, -0.2) is 23.4 Å². The standard InChI is InChI=1S/C25H27N5O3S2.C4H9NO/c1-16-29-22-12-18(19-13-27-24(28-14-19)25(2,3)31)11-20(23(22)34-16)21-10-17(4-5-26-21)15-30-6-8-35(32,33)9-7-30;1-3-5-4(2)6/h4-5,10-14,31H,6-9,15H2,1-3H3;3H2,1-2H3,(H,5,6). The lowest BCUT2D eigenvalue weighted by molar-refractivity contribution is -0.118. The third-order valence-corrected chi connectivity index (χ3v) is 9.13. The number of sulfone groups is 1. The Hall–Kier alpha value is -3.32. The number of hydrogen-bond acceptors (Lipinski definition) is 10. The van der Waals surface area contributed by atoms with Crippen molar-refractivity contribution >= 4 is 37.3 Å². The van der Waals surface area contributed by atoms with Gasteiger partial charge in [0.15, 0.2) is 15.7 Å². The first-order valence-corrected chi connectivity index (χ1v) is 16.1. The van der Waals surface area contributed by atoms with Crippen LogP contribution in [0, 0.1) is 6.92 Å². The lowest BCUT2D eigenvalue weighted by Gasteiger charge is -2.26. The second-order valence-corrected chi connectivity index (χ2v) is 14.0. The average molecular weight is 597 g/mol. The molecule has 1 aliphatic rings. The highest BCUT2D eigenvalue weighted by atomic mass is 32.2. The monoisotopic (exact) mass is 596 g/mol. The van der Waals surface area contributed by atoms with Gasteiger partial charge in [0.05, 0.1) is 32.4 Å². The molecule has 0 radical (unpaired) electrons. The maximum absolute atomic E-state index is 11.8. The van der Waals surface area contributed by atoms with Crippen molar-refractivity contribution in [3.05, 3.63) is 59.3 Å². The second-order valence-electron chi connectivity index (χ2n) is 10.5. The number of aromatic nitrogens is 4. The van der Waals surface area contributed by atoms with E-state index in [-0.39, 0.29) is 17.4 Å². The van der Waals surface area contributed by atoms with Gasteiger partial charge in [0, 0.05) is 62.8 Å². The van der Waals surface area contributed by atoms with Crippen molar-refractivity contribution in [1.29, 1.82) is 0 Å². The molecule has 4 heterocycles. The first kappa shape index (κ1) is 30.6. The van der Waals surface area contributed by atoms with Gasteiger partial charge in [-0.3, -0.25) is 14.7 Å². The van der Waals surface area contributed by atoms with Gasteiger partial charge >= 0.3 is 0 Å². The summed E-state index contributed by atoms with van der Waals surface area (Å²) in [4.78, 5) is 30.2. The fraction of sp³-hybridized carbons (Fsp3) is 0.414. The number of fused-ring (bicyclic) bond motifs is 1. The van der Waals surface area contributed by atoms with Gasteiger partial charge in [0.1, 0.15) is 5.60 Å². The largest absolute Gasteiger partial charge is 0.382 e. The van der Waals surface area contributed by atoms with Crippen LogP contribution in [0.25, 0.3) is 32.6 Å². The van der Waals surface area contributed by atoms with Crippen LogP contribution in [0.1, 0.15) is 44.1 Å². The highest BCUT2D eigenvalue weighted by Gasteiger charge is 2.22. The number of pyridine rings is 1. The van der Waals surface area contributed by atoms with Crippen LogP contribution in [0.5, 0.6) is 0 Å². The summed E-state index contributed by atoms with van der Waals surface area (Å²) in [6.07, 6.45) is 5.25. The van der Waals surface area contributed by atoms with Crippen LogP contribution in [0.4, 0.5) is 0 Å². The average Bonchev–Trinajstić information content (AvgIpc) is 3.29. The zero-order valence-corrected chi connectivity index (χ0v) is 25.6. The van der Waals surface area contributed by atoms with Gasteiger partial charge in [-0.05, 0) is 63.1 Å². The van der Waals surface area contributed by atoms with E-state index >= 15 is 0 Å². The van der Waals surface area contributed by atoms with E-state index < -0.39 is 15.4 Å². The molecule has 1 fully saturated rings. The molecule has 0 bridgehead atoms. The number of hydrogen-bond donors (Lipinski definition) is 2. The van der Waals surface area contributed by atoms with Gasteiger partial charge in [0.25, 0.3) is 0 Å².